The van der Waals surface area contributed by atoms with E-state index in [2.05, 4.69) is 28.0 Å². The first-order valence-electron chi connectivity index (χ1n) is 18.7. The number of carbonyl (C=O) groups is 4. The molecule has 4 amide bonds. The number of nitrogens with zero attached hydrogens (tertiary/aromatic N) is 3. The fraction of sp³-hybridized carbons (Fsp3) is 0.553. The van der Waals surface area contributed by atoms with Gasteiger partial charge in [-0.15, -0.1) is 17.9 Å². The van der Waals surface area contributed by atoms with Crippen molar-refractivity contribution in [2.75, 3.05) is 25.0 Å². The van der Waals surface area contributed by atoms with Crippen molar-refractivity contribution in [3.8, 4) is 0 Å². The Morgan fingerprint density at radius 3 is 2.60 bits per heavy atom. The van der Waals surface area contributed by atoms with E-state index in [1.165, 1.54) is 22.3 Å². The van der Waals surface area contributed by atoms with E-state index in [1.54, 1.807) is 4.90 Å². The Hall–Kier alpha value is -4.24. The molecule has 53 heavy (non-hydrogen) atoms. The van der Waals surface area contributed by atoms with E-state index in [0.29, 0.717) is 31.1 Å². The van der Waals surface area contributed by atoms with Gasteiger partial charge in [0.2, 0.25) is 21.8 Å². The minimum Gasteiger partial charge on any atom is -0.436 e. The number of hydrogen-bond acceptors (Lipinski definition) is 10. The molecule has 1 aromatic rings. The molecule has 0 aromatic carbocycles. The summed E-state index contributed by atoms with van der Waals surface area (Å²) in [7, 11) is -3.89. The molecule has 6 bridgehead atoms. The lowest BCUT2D eigenvalue weighted by atomic mass is 9.87. The van der Waals surface area contributed by atoms with Gasteiger partial charge in [-0.2, -0.15) is 0 Å². The van der Waals surface area contributed by atoms with Gasteiger partial charge < -0.3 is 20.3 Å². The van der Waals surface area contributed by atoms with Gasteiger partial charge in [0.05, 0.1) is 17.5 Å². The molecule has 0 radical (unpaired) electrons. The summed E-state index contributed by atoms with van der Waals surface area (Å²) in [6.07, 6.45) is 20.3. The molecule has 1 spiro atoms. The Kier molecular flexibility index (Phi) is 9.36. The molecular formula is C38H46N6O7S2. The average Bonchev–Trinajstić information content (AvgIpc) is 3.81. The molecular weight excluding hydrogens is 717 g/mol. The Morgan fingerprint density at radius 1 is 1.06 bits per heavy atom. The fourth-order valence-corrected chi connectivity index (χ4v) is 10.8. The smallest absolute Gasteiger partial charge is 0.411 e. The summed E-state index contributed by atoms with van der Waals surface area (Å²) < 4.78 is 34.0. The van der Waals surface area contributed by atoms with E-state index >= 15 is 4.79 Å². The second-order valence-corrected chi connectivity index (χ2v) is 18.3. The second-order valence-electron chi connectivity index (χ2n) is 15.5. The van der Waals surface area contributed by atoms with E-state index in [-0.39, 0.29) is 31.2 Å². The molecule has 5 atom stereocenters. The molecule has 3 aliphatic carbocycles. The van der Waals surface area contributed by atoms with Gasteiger partial charge >= 0.3 is 6.09 Å². The topological polar surface area (TPSA) is 167 Å². The number of aromatic nitrogens is 1. The summed E-state index contributed by atoms with van der Waals surface area (Å²) in [6, 6.07) is -1.80. The quantitative estimate of drug-likeness (QED) is 0.350. The molecule has 3 saturated carbocycles. The van der Waals surface area contributed by atoms with Crippen LogP contribution in [-0.2, 0) is 35.6 Å². The fourth-order valence-electron chi connectivity index (χ4n) is 8.66. The van der Waals surface area contributed by atoms with Crippen LogP contribution < -0.4 is 15.4 Å². The molecule has 8 rings (SSSR count). The van der Waals surface area contributed by atoms with E-state index < -0.39 is 62.3 Å². The first kappa shape index (κ1) is 35.8. The Labute approximate surface area is 313 Å². The van der Waals surface area contributed by atoms with Crippen LogP contribution >= 0.6 is 11.3 Å². The van der Waals surface area contributed by atoms with Gasteiger partial charge in [-0.3, -0.25) is 24.0 Å². The molecule has 15 heteroatoms. The molecule has 3 N–H and O–H groups in total. The lowest BCUT2D eigenvalue weighted by Gasteiger charge is -2.37. The maximum absolute atomic E-state index is 15.0. The second kappa shape index (κ2) is 13.9. The van der Waals surface area contributed by atoms with E-state index in [9.17, 15) is 22.8 Å². The van der Waals surface area contributed by atoms with Crippen LogP contribution in [0, 0.1) is 11.8 Å². The summed E-state index contributed by atoms with van der Waals surface area (Å²) in [5.41, 5.74) is -0.124. The van der Waals surface area contributed by atoms with Crippen molar-refractivity contribution in [1.82, 2.24) is 24.8 Å². The number of sulfonamides is 1. The number of thiazole rings is 1. The van der Waals surface area contributed by atoms with Crippen molar-refractivity contribution in [2.45, 2.75) is 99.1 Å². The standard InChI is InChI=1S/C38H46N6O7S2/c1-2-26-18-38(26,34(47)42-53(49,50)28-16-17-28)41-32(45)30-19-37-23-44(30)33(46)31(24-12-10-11-13-24)40-35-39-27(22-52-35)15-9-7-5-3-4-6-8-14-25-20-43(21-29(25)37)36(48)51-37/h2-6,8,14,22,24,26,28,30-31H,1,7,9-13,15-21,23H2,(H,39,40)(H,41,45)(H,42,47)/t26-,30+,31+,37+,38-/m1/s1. The number of allylic oxidation sites excluding steroid dienone is 5. The lowest BCUT2D eigenvalue weighted by Crippen LogP contribution is -2.58. The van der Waals surface area contributed by atoms with Crippen LogP contribution in [0.5, 0.6) is 0 Å². The molecule has 7 aliphatic rings. The molecule has 0 unspecified atom stereocenters. The van der Waals surface area contributed by atoms with E-state index in [1.807, 2.05) is 35.8 Å². The van der Waals surface area contributed by atoms with Gasteiger partial charge in [0.15, 0.2) is 10.7 Å². The largest absolute Gasteiger partial charge is 0.436 e. The summed E-state index contributed by atoms with van der Waals surface area (Å²) in [5.74, 6) is -2.22. The van der Waals surface area contributed by atoms with Gasteiger partial charge in [0, 0.05) is 30.8 Å². The average molecular weight is 763 g/mol. The zero-order valence-corrected chi connectivity index (χ0v) is 31.3. The molecule has 1 aromatic heterocycles. The van der Waals surface area contributed by atoms with Gasteiger partial charge in [-0.05, 0) is 68.4 Å². The molecule has 4 aliphatic heterocycles. The molecule has 5 fully saturated rings. The molecule has 2 saturated heterocycles. The number of fused-ring (bicyclic) bond motifs is 4. The van der Waals surface area contributed by atoms with Crippen LogP contribution in [0.2, 0.25) is 0 Å². The van der Waals surface area contributed by atoms with Crippen molar-refractivity contribution < 1.29 is 32.3 Å². The highest BCUT2D eigenvalue weighted by atomic mass is 32.2. The summed E-state index contributed by atoms with van der Waals surface area (Å²) >= 11 is 1.45. The van der Waals surface area contributed by atoms with Crippen LogP contribution in [0.25, 0.3) is 0 Å². The predicted molar refractivity (Wildman–Crippen MR) is 199 cm³/mol. The molecule has 13 nitrogen and oxygen atoms in total. The number of ether oxygens (including phenoxy) is 1. The highest BCUT2D eigenvalue weighted by Crippen LogP contribution is 2.48. The van der Waals surface area contributed by atoms with Crippen LogP contribution in [0.3, 0.4) is 0 Å². The first-order chi connectivity index (χ1) is 25.5. The summed E-state index contributed by atoms with van der Waals surface area (Å²) in [5, 5.41) is 8.38. The van der Waals surface area contributed by atoms with E-state index in [4.69, 9.17) is 9.72 Å². The number of hydrogen-bond donors (Lipinski definition) is 3. The third-order valence-corrected chi connectivity index (χ3v) is 14.5. The Balaban J connectivity index is 1.17. The Morgan fingerprint density at radius 2 is 1.85 bits per heavy atom. The highest BCUT2D eigenvalue weighted by molar-refractivity contribution is 7.91. The van der Waals surface area contributed by atoms with Crippen molar-refractivity contribution in [3.05, 3.63) is 71.3 Å². The Bertz CT molecular complexity index is 1940. The maximum atomic E-state index is 15.0. The van der Waals surface area contributed by atoms with Crippen molar-refractivity contribution in [2.24, 2.45) is 11.8 Å². The number of rotatable bonds is 7. The normalized spacial score (nSPS) is 31.7. The number of amides is 4. The van der Waals surface area contributed by atoms with Crippen molar-refractivity contribution in [1.29, 1.82) is 0 Å². The van der Waals surface area contributed by atoms with E-state index in [0.717, 1.165) is 61.8 Å². The minimum atomic E-state index is -3.89. The monoisotopic (exact) mass is 762 g/mol. The van der Waals surface area contributed by atoms with Crippen molar-refractivity contribution >= 4 is 50.3 Å². The number of anilines is 1. The number of nitrogens with one attached hydrogen (secondary N) is 3. The number of carbonyl (C=O) groups excluding carboxylic acids is 4. The minimum absolute atomic E-state index is 0.00295. The van der Waals surface area contributed by atoms with Crippen LogP contribution in [-0.4, -0.2) is 95.1 Å². The predicted octanol–water partition coefficient (Wildman–Crippen LogP) is 3.89. The highest BCUT2D eigenvalue weighted by Gasteiger charge is 2.64. The van der Waals surface area contributed by atoms with Gasteiger partial charge in [-0.1, -0.05) is 55.4 Å². The lowest BCUT2D eigenvalue weighted by molar-refractivity contribution is -0.141. The first-order valence-corrected chi connectivity index (χ1v) is 21.2. The van der Waals surface area contributed by atoms with Gasteiger partial charge in [-0.25, -0.2) is 18.2 Å². The third kappa shape index (κ3) is 6.86. The summed E-state index contributed by atoms with van der Waals surface area (Å²) in [4.78, 5) is 64.7. The number of aryl methyl sites for hydroxylation is 1. The summed E-state index contributed by atoms with van der Waals surface area (Å²) in [6.45, 7) is 4.44. The zero-order valence-electron chi connectivity index (χ0n) is 29.6. The van der Waals surface area contributed by atoms with Crippen LogP contribution in [0.4, 0.5) is 9.93 Å². The molecule has 282 valence electrons. The molecule has 5 heterocycles. The van der Waals surface area contributed by atoms with Crippen molar-refractivity contribution in [3.63, 3.8) is 0 Å². The SMILES string of the molecule is C=C[C@@H]1C[C@]1(NC(=O)[C@@H]1C[C@]23CN1C(=O)[C@H](C1CCCC1)Nc1nc(cs1)CCCC=CC=CC=CC1=C2CN(C1)C(=O)O3)C(=O)NS(=O)(=O)C1CC1. The van der Waals surface area contributed by atoms with Gasteiger partial charge in [0.1, 0.15) is 17.6 Å². The zero-order chi connectivity index (χ0) is 37.0. The third-order valence-electron chi connectivity index (χ3n) is 11.9. The van der Waals surface area contributed by atoms with Crippen LogP contribution in [0.15, 0.2) is 65.6 Å². The van der Waals surface area contributed by atoms with Gasteiger partial charge in [0.25, 0.3) is 5.91 Å². The van der Waals surface area contributed by atoms with Crippen LogP contribution in [0.1, 0.15) is 69.9 Å². The maximum Gasteiger partial charge on any atom is 0.411 e.